The first-order valence-corrected chi connectivity index (χ1v) is 7.10. The highest BCUT2D eigenvalue weighted by Gasteiger charge is 2.29. The molecule has 0 saturated carbocycles. The van der Waals surface area contributed by atoms with Crippen LogP contribution in [0.1, 0.15) is 12.5 Å². The standard InChI is InChI=1S/C15H19N5O/c1-2-19-11-12(9-17-19)10-18-7-8-20(15(18)21)14-5-3-13(16)4-6-14/h3-6,9,11H,2,7-8,10,16H2,1H3. The molecule has 1 aromatic carbocycles. The number of nitrogens with two attached hydrogens (primary N) is 1. The van der Waals surface area contributed by atoms with Crippen LogP contribution in [0.5, 0.6) is 0 Å². The maximum Gasteiger partial charge on any atom is 0.324 e. The zero-order chi connectivity index (χ0) is 14.8. The maximum atomic E-state index is 12.5. The Kier molecular flexibility index (Phi) is 3.51. The topological polar surface area (TPSA) is 67.4 Å². The highest BCUT2D eigenvalue weighted by Crippen LogP contribution is 2.22. The molecule has 1 aromatic heterocycles. The molecule has 0 radical (unpaired) electrons. The second-order valence-corrected chi connectivity index (χ2v) is 5.15. The van der Waals surface area contributed by atoms with Crippen molar-refractivity contribution in [3.8, 4) is 0 Å². The molecule has 110 valence electrons. The van der Waals surface area contributed by atoms with Gasteiger partial charge in [-0.3, -0.25) is 9.58 Å². The van der Waals surface area contributed by atoms with E-state index in [2.05, 4.69) is 5.10 Å². The molecule has 2 heterocycles. The van der Waals surface area contributed by atoms with Crippen LogP contribution in [-0.4, -0.2) is 33.8 Å². The molecular formula is C15H19N5O. The largest absolute Gasteiger partial charge is 0.399 e. The van der Waals surface area contributed by atoms with Crippen molar-refractivity contribution in [2.24, 2.45) is 0 Å². The fourth-order valence-electron chi connectivity index (χ4n) is 2.50. The van der Waals surface area contributed by atoms with Crippen molar-refractivity contribution >= 4 is 17.4 Å². The van der Waals surface area contributed by atoms with Crippen LogP contribution in [0.15, 0.2) is 36.7 Å². The Morgan fingerprint density at radius 1 is 1.24 bits per heavy atom. The van der Waals surface area contributed by atoms with Gasteiger partial charge >= 0.3 is 6.03 Å². The van der Waals surface area contributed by atoms with Gasteiger partial charge in [-0.25, -0.2) is 4.79 Å². The number of anilines is 2. The Bertz CT molecular complexity index is 634. The molecular weight excluding hydrogens is 266 g/mol. The molecule has 0 bridgehead atoms. The Balaban J connectivity index is 1.69. The number of urea groups is 1. The monoisotopic (exact) mass is 285 g/mol. The van der Waals surface area contributed by atoms with E-state index in [-0.39, 0.29) is 6.03 Å². The van der Waals surface area contributed by atoms with Crippen molar-refractivity contribution in [1.29, 1.82) is 0 Å². The maximum absolute atomic E-state index is 12.5. The van der Waals surface area contributed by atoms with Crippen LogP contribution >= 0.6 is 0 Å². The van der Waals surface area contributed by atoms with Crippen molar-refractivity contribution in [1.82, 2.24) is 14.7 Å². The summed E-state index contributed by atoms with van der Waals surface area (Å²) in [4.78, 5) is 16.1. The van der Waals surface area contributed by atoms with Crippen LogP contribution in [0.4, 0.5) is 16.2 Å². The molecule has 1 saturated heterocycles. The van der Waals surface area contributed by atoms with E-state index in [4.69, 9.17) is 5.73 Å². The van der Waals surface area contributed by atoms with Crippen molar-refractivity contribution in [2.75, 3.05) is 23.7 Å². The number of amides is 2. The van der Waals surface area contributed by atoms with Gasteiger partial charge in [0.2, 0.25) is 0 Å². The average Bonchev–Trinajstić information content (AvgIpc) is 3.08. The first kappa shape index (κ1) is 13.5. The molecule has 6 heteroatoms. The van der Waals surface area contributed by atoms with Crippen LogP contribution in [0.3, 0.4) is 0 Å². The lowest BCUT2D eigenvalue weighted by Gasteiger charge is -2.18. The van der Waals surface area contributed by atoms with E-state index in [0.29, 0.717) is 18.8 Å². The second-order valence-electron chi connectivity index (χ2n) is 5.15. The molecule has 2 amide bonds. The van der Waals surface area contributed by atoms with Gasteiger partial charge in [-0.2, -0.15) is 5.10 Å². The van der Waals surface area contributed by atoms with Crippen molar-refractivity contribution in [2.45, 2.75) is 20.0 Å². The summed E-state index contributed by atoms with van der Waals surface area (Å²) in [7, 11) is 0. The number of rotatable bonds is 4. The zero-order valence-corrected chi connectivity index (χ0v) is 12.1. The van der Waals surface area contributed by atoms with Crippen molar-refractivity contribution in [3.63, 3.8) is 0 Å². The smallest absolute Gasteiger partial charge is 0.324 e. The molecule has 1 aliphatic rings. The fraction of sp³-hybridized carbons (Fsp3) is 0.333. The summed E-state index contributed by atoms with van der Waals surface area (Å²) >= 11 is 0. The Labute approximate surface area is 123 Å². The quantitative estimate of drug-likeness (QED) is 0.873. The third-order valence-corrected chi connectivity index (χ3v) is 3.68. The summed E-state index contributed by atoms with van der Waals surface area (Å²) in [6.07, 6.45) is 3.81. The molecule has 21 heavy (non-hydrogen) atoms. The molecule has 0 atom stereocenters. The lowest BCUT2D eigenvalue weighted by atomic mass is 10.2. The van der Waals surface area contributed by atoms with Gasteiger partial charge in [0, 0.05) is 42.8 Å². The summed E-state index contributed by atoms with van der Waals surface area (Å²) in [5.41, 5.74) is 8.33. The Morgan fingerprint density at radius 2 is 2.00 bits per heavy atom. The first-order chi connectivity index (χ1) is 10.2. The molecule has 2 N–H and O–H groups in total. The number of nitrogens with zero attached hydrogens (tertiary/aromatic N) is 4. The summed E-state index contributed by atoms with van der Waals surface area (Å²) in [5, 5.41) is 4.24. The highest BCUT2D eigenvalue weighted by atomic mass is 16.2. The van der Waals surface area contributed by atoms with Crippen LogP contribution < -0.4 is 10.6 Å². The third kappa shape index (κ3) is 2.69. The fourth-order valence-corrected chi connectivity index (χ4v) is 2.50. The molecule has 2 aromatic rings. The predicted octanol–water partition coefficient (Wildman–Crippen LogP) is 1.93. The lowest BCUT2D eigenvalue weighted by molar-refractivity contribution is 0.219. The molecule has 6 nitrogen and oxygen atoms in total. The zero-order valence-electron chi connectivity index (χ0n) is 12.1. The van der Waals surface area contributed by atoms with Crippen LogP contribution in [0.2, 0.25) is 0 Å². The molecule has 3 rings (SSSR count). The number of hydrogen-bond donors (Lipinski definition) is 1. The number of aryl methyl sites for hydroxylation is 1. The van der Waals surface area contributed by atoms with Gasteiger partial charge in [-0.05, 0) is 31.2 Å². The SMILES string of the molecule is CCn1cc(CN2CCN(c3ccc(N)cc3)C2=O)cn1. The third-order valence-electron chi connectivity index (χ3n) is 3.68. The van der Waals surface area contributed by atoms with Gasteiger partial charge in [0.15, 0.2) is 0 Å². The molecule has 1 fully saturated rings. The number of carbonyl (C=O) groups excluding carboxylic acids is 1. The Morgan fingerprint density at radius 3 is 2.67 bits per heavy atom. The summed E-state index contributed by atoms with van der Waals surface area (Å²) in [6, 6.07) is 7.43. The van der Waals surface area contributed by atoms with Gasteiger partial charge in [-0.1, -0.05) is 0 Å². The first-order valence-electron chi connectivity index (χ1n) is 7.10. The number of hydrogen-bond acceptors (Lipinski definition) is 3. The summed E-state index contributed by atoms with van der Waals surface area (Å²) < 4.78 is 1.87. The minimum absolute atomic E-state index is 0.0315. The normalized spacial score (nSPS) is 15.0. The van der Waals surface area contributed by atoms with E-state index in [0.717, 1.165) is 24.3 Å². The van der Waals surface area contributed by atoms with Crippen LogP contribution in [0, 0.1) is 0 Å². The molecule has 0 aliphatic carbocycles. The van der Waals surface area contributed by atoms with E-state index in [9.17, 15) is 4.79 Å². The lowest BCUT2D eigenvalue weighted by Crippen LogP contribution is -2.31. The van der Waals surface area contributed by atoms with Gasteiger partial charge < -0.3 is 10.6 Å². The van der Waals surface area contributed by atoms with Gasteiger partial charge in [0.25, 0.3) is 0 Å². The number of benzene rings is 1. The van der Waals surface area contributed by atoms with Gasteiger partial charge in [-0.15, -0.1) is 0 Å². The molecule has 0 unspecified atom stereocenters. The number of nitrogen functional groups attached to an aromatic ring is 1. The minimum atomic E-state index is 0.0315. The molecule has 1 aliphatic heterocycles. The summed E-state index contributed by atoms with van der Waals surface area (Å²) in [6.45, 7) is 4.90. The van der Waals surface area contributed by atoms with E-state index in [1.807, 2.05) is 53.2 Å². The van der Waals surface area contributed by atoms with E-state index >= 15 is 0 Å². The van der Waals surface area contributed by atoms with Crippen molar-refractivity contribution < 1.29 is 4.79 Å². The van der Waals surface area contributed by atoms with Gasteiger partial charge in [0.05, 0.1) is 12.7 Å². The van der Waals surface area contributed by atoms with E-state index in [1.54, 1.807) is 4.90 Å². The van der Waals surface area contributed by atoms with Crippen LogP contribution in [-0.2, 0) is 13.1 Å². The minimum Gasteiger partial charge on any atom is -0.399 e. The Hall–Kier alpha value is -2.50. The summed E-state index contributed by atoms with van der Waals surface area (Å²) in [5.74, 6) is 0. The number of carbonyl (C=O) groups is 1. The van der Waals surface area contributed by atoms with E-state index in [1.165, 1.54) is 0 Å². The molecule has 0 spiro atoms. The highest BCUT2D eigenvalue weighted by molar-refractivity contribution is 5.94. The van der Waals surface area contributed by atoms with Crippen molar-refractivity contribution in [3.05, 3.63) is 42.2 Å². The average molecular weight is 285 g/mol. The predicted molar refractivity (Wildman–Crippen MR) is 81.9 cm³/mol. The van der Waals surface area contributed by atoms with Gasteiger partial charge in [0.1, 0.15) is 0 Å². The number of aromatic nitrogens is 2. The second kappa shape index (κ2) is 5.47. The van der Waals surface area contributed by atoms with E-state index < -0.39 is 0 Å². The van der Waals surface area contributed by atoms with Crippen LogP contribution in [0.25, 0.3) is 0 Å².